The number of hydrogen-bond donors (Lipinski definition) is 0. The van der Waals surface area contributed by atoms with Crippen LogP contribution in [0.3, 0.4) is 0 Å². The standard InChI is InChI=1S/2C34H20N2S.C30H18N2S/c1-2-10-22(11-3-1)33-32-23-12-5-4-9-21(23)17-19-28(32)35-34(36-33)26-15-8-14-25-24(26)18-20-30-31(25)27-13-6-7-16-29(27)37-30;1-2-10-22(11-3-1)32-28-18-17-21-9-4-5-12-23(21)33(28)36-34(35-32)26-15-8-14-25-24(26)19-20-30-31(25)27-13-6-7-16-29(27)37-30;1-2-9-19(10-3-1)29-23-11-4-6-15-25(23)31-30(32-29)22-14-8-13-21-20(22)17-18-27-28(21)24-12-5-7-16-26(24)33-27/h2*1-20H;1-18H. The molecule has 0 radical (unpaired) electrons. The fraction of sp³-hybridized carbons (Fsp3) is 0. The summed E-state index contributed by atoms with van der Waals surface area (Å²) < 4.78 is 7.87. The van der Waals surface area contributed by atoms with E-state index < -0.39 is 0 Å². The van der Waals surface area contributed by atoms with E-state index in [-0.39, 0.29) is 0 Å². The Kier molecular flexibility index (Phi) is 15.0. The van der Waals surface area contributed by atoms with Crippen molar-refractivity contribution in [2.75, 3.05) is 0 Å². The van der Waals surface area contributed by atoms with Gasteiger partial charge in [-0.3, -0.25) is 0 Å². The van der Waals surface area contributed by atoms with Gasteiger partial charge in [0.05, 0.1) is 33.6 Å². The van der Waals surface area contributed by atoms with Gasteiger partial charge in [-0.25, -0.2) is 29.9 Å². The van der Waals surface area contributed by atoms with Gasteiger partial charge < -0.3 is 0 Å². The van der Waals surface area contributed by atoms with E-state index in [4.69, 9.17) is 29.9 Å². The molecular formula is C98H58N6S3. The maximum absolute atomic E-state index is 5.26. The minimum absolute atomic E-state index is 0.756. The van der Waals surface area contributed by atoms with Gasteiger partial charge >= 0.3 is 0 Å². The van der Waals surface area contributed by atoms with Crippen molar-refractivity contribution in [1.29, 1.82) is 0 Å². The van der Waals surface area contributed by atoms with Gasteiger partial charge in [-0.1, -0.05) is 297 Å². The van der Waals surface area contributed by atoms with Crippen LogP contribution in [0.2, 0.25) is 0 Å². The molecule has 17 aromatic carbocycles. The average Bonchev–Trinajstić information content (AvgIpc) is 1.73. The fourth-order valence-electron chi connectivity index (χ4n) is 16.0. The lowest BCUT2D eigenvalue weighted by Gasteiger charge is -2.13. The molecule has 0 aliphatic carbocycles. The molecule has 6 nitrogen and oxygen atoms in total. The summed E-state index contributed by atoms with van der Waals surface area (Å²) in [5.41, 5.74) is 12.3. The molecule has 0 fully saturated rings. The summed E-state index contributed by atoms with van der Waals surface area (Å²) in [5, 5.41) is 23.1. The SMILES string of the molecule is c1ccc(-c2nc(-c3cccc4c3ccc3sc5ccccc5c34)nc3c2ccc2ccccc23)cc1.c1ccc(-c2nc(-c3cccc4c3ccc3sc5ccccc5c34)nc3ccc4ccccc4c23)cc1.c1ccc(-c2nc(-c3cccc4c3ccc3sc5ccccc5c34)nc3ccccc23)cc1. The van der Waals surface area contributed by atoms with Gasteiger partial charge in [0.15, 0.2) is 17.5 Å². The minimum atomic E-state index is 0.756. The Morgan fingerprint density at radius 2 is 0.514 bits per heavy atom. The highest BCUT2D eigenvalue weighted by Crippen LogP contribution is 2.46. The van der Waals surface area contributed by atoms with Crippen LogP contribution in [0.15, 0.2) is 352 Å². The highest BCUT2D eigenvalue weighted by molar-refractivity contribution is 7.26. The molecule has 23 aromatic rings. The van der Waals surface area contributed by atoms with Gasteiger partial charge in [0.1, 0.15) is 0 Å². The van der Waals surface area contributed by atoms with Crippen molar-refractivity contribution in [1.82, 2.24) is 29.9 Å². The van der Waals surface area contributed by atoms with Crippen LogP contribution in [0, 0.1) is 0 Å². The molecular weight excluding hydrogens is 1360 g/mol. The van der Waals surface area contributed by atoms with Crippen molar-refractivity contribution in [2.24, 2.45) is 0 Å². The molecule has 0 N–H and O–H groups in total. The van der Waals surface area contributed by atoms with E-state index in [1.807, 2.05) is 64.3 Å². The van der Waals surface area contributed by atoms with Crippen molar-refractivity contribution in [3.63, 3.8) is 0 Å². The summed E-state index contributed by atoms with van der Waals surface area (Å²) in [6.07, 6.45) is 0. The summed E-state index contributed by atoms with van der Waals surface area (Å²) >= 11 is 5.55. The summed E-state index contributed by atoms with van der Waals surface area (Å²) in [6.45, 7) is 0. The van der Waals surface area contributed by atoms with E-state index in [9.17, 15) is 0 Å². The Bertz CT molecular complexity index is 7520. The maximum atomic E-state index is 5.26. The topological polar surface area (TPSA) is 77.3 Å². The number of benzene rings is 17. The Morgan fingerprint density at radius 1 is 0.168 bits per heavy atom. The van der Waals surface area contributed by atoms with Crippen LogP contribution in [-0.2, 0) is 0 Å². The lowest BCUT2D eigenvalue weighted by molar-refractivity contribution is 1.23. The van der Waals surface area contributed by atoms with Gasteiger partial charge in [-0.05, 0) is 103 Å². The van der Waals surface area contributed by atoms with Crippen LogP contribution in [-0.4, -0.2) is 29.9 Å². The predicted molar refractivity (Wildman–Crippen MR) is 457 cm³/mol. The Labute approximate surface area is 626 Å². The smallest absolute Gasteiger partial charge is 0.161 e. The fourth-order valence-corrected chi connectivity index (χ4v) is 19.3. The maximum Gasteiger partial charge on any atom is 0.161 e. The normalized spacial score (nSPS) is 11.7. The van der Waals surface area contributed by atoms with Crippen molar-refractivity contribution in [3.8, 4) is 67.9 Å². The summed E-state index contributed by atoms with van der Waals surface area (Å²) in [6, 6.07) is 124. The second kappa shape index (κ2) is 25.8. The van der Waals surface area contributed by atoms with Crippen LogP contribution in [0.4, 0.5) is 0 Å². The average molecular weight is 1420 g/mol. The lowest BCUT2D eigenvalue weighted by atomic mass is 9.97. The Hall–Kier alpha value is -13.3. The first-order valence-corrected chi connectivity index (χ1v) is 38.3. The van der Waals surface area contributed by atoms with Gasteiger partial charge in [-0.15, -0.1) is 34.0 Å². The van der Waals surface area contributed by atoms with Gasteiger partial charge in [0.2, 0.25) is 0 Å². The highest BCUT2D eigenvalue weighted by atomic mass is 32.1. The third kappa shape index (κ3) is 10.6. The zero-order chi connectivity index (χ0) is 70.5. The summed E-state index contributed by atoms with van der Waals surface area (Å²) in [5.74, 6) is 2.27. The largest absolute Gasteiger partial charge is 0.228 e. The molecule has 23 rings (SSSR count). The predicted octanol–water partition coefficient (Wildman–Crippen LogP) is 27.8. The molecule has 0 bridgehead atoms. The first-order chi connectivity index (χ1) is 53.1. The van der Waals surface area contributed by atoms with Crippen LogP contribution in [0.5, 0.6) is 0 Å². The molecule has 0 saturated carbocycles. The zero-order valence-electron chi connectivity index (χ0n) is 57.4. The van der Waals surface area contributed by atoms with Gasteiger partial charge in [0, 0.05) is 115 Å². The first kappa shape index (κ1) is 62.3. The molecule has 0 aliphatic rings. The van der Waals surface area contributed by atoms with Crippen molar-refractivity contribution in [2.45, 2.75) is 0 Å². The molecule has 0 amide bonds. The number of hydrogen-bond acceptors (Lipinski definition) is 9. The number of thiophene rings is 3. The van der Waals surface area contributed by atoms with Crippen molar-refractivity contribution < 1.29 is 0 Å². The van der Waals surface area contributed by atoms with Crippen LogP contribution in [0.25, 0.3) is 215 Å². The van der Waals surface area contributed by atoms with Crippen molar-refractivity contribution in [3.05, 3.63) is 352 Å². The molecule has 107 heavy (non-hydrogen) atoms. The molecule has 0 atom stereocenters. The number of para-hydroxylation sites is 1. The number of aromatic nitrogens is 6. The van der Waals surface area contributed by atoms with Crippen LogP contribution in [0.1, 0.15) is 0 Å². The molecule has 0 unspecified atom stereocenters. The first-order valence-electron chi connectivity index (χ1n) is 35.9. The lowest BCUT2D eigenvalue weighted by Crippen LogP contribution is -1.96. The zero-order valence-corrected chi connectivity index (χ0v) is 59.8. The number of nitrogens with zero attached hydrogens (tertiary/aromatic N) is 6. The molecule has 6 aromatic heterocycles. The molecule has 6 heterocycles. The monoisotopic (exact) mass is 1410 g/mol. The van der Waals surface area contributed by atoms with E-state index in [0.29, 0.717) is 0 Å². The summed E-state index contributed by atoms with van der Waals surface area (Å²) in [7, 11) is 0. The Morgan fingerprint density at radius 3 is 1.01 bits per heavy atom. The molecule has 9 heteroatoms. The number of fused-ring (bicyclic) bond motifs is 22. The van der Waals surface area contributed by atoms with Gasteiger partial charge in [-0.2, -0.15) is 0 Å². The van der Waals surface area contributed by atoms with Crippen molar-refractivity contribution >= 4 is 181 Å². The van der Waals surface area contributed by atoms with Crippen LogP contribution >= 0.6 is 34.0 Å². The van der Waals surface area contributed by atoms with E-state index >= 15 is 0 Å². The van der Waals surface area contributed by atoms with E-state index in [1.165, 1.54) is 109 Å². The second-order valence-corrected chi connectivity index (χ2v) is 30.2. The highest BCUT2D eigenvalue weighted by Gasteiger charge is 2.22. The number of rotatable bonds is 6. The third-order valence-corrected chi connectivity index (χ3v) is 24.3. The third-order valence-electron chi connectivity index (χ3n) is 20.8. The molecule has 0 aliphatic heterocycles. The summed E-state index contributed by atoms with van der Waals surface area (Å²) in [4.78, 5) is 31.0. The second-order valence-electron chi connectivity index (χ2n) is 27.0. The molecule has 498 valence electrons. The van der Waals surface area contributed by atoms with E-state index in [0.717, 1.165) is 106 Å². The molecule has 0 saturated heterocycles. The van der Waals surface area contributed by atoms with E-state index in [1.54, 1.807) is 0 Å². The van der Waals surface area contributed by atoms with Gasteiger partial charge in [0.25, 0.3) is 0 Å². The van der Waals surface area contributed by atoms with E-state index in [2.05, 4.69) is 322 Å². The molecule has 0 spiro atoms. The quantitative estimate of drug-likeness (QED) is 0.154. The minimum Gasteiger partial charge on any atom is -0.228 e. The van der Waals surface area contributed by atoms with Crippen LogP contribution < -0.4 is 0 Å². The Balaban J connectivity index is 0.000000103.